The summed E-state index contributed by atoms with van der Waals surface area (Å²) in [5, 5.41) is 2.94. The molecule has 1 aromatic heterocycles. The van der Waals surface area contributed by atoms with E-state index in [1.807, 2.05) is 0 Å². The van der Waals surface area contributed by atoms with Crippen molar-refractivity contribution in [1.82, 2.24) is 9.97 Å². The third kappa shape index (κ3) is 1.80. The third-order valence-corrected chi connectivity index (χ3v) is 2.59. The average Bonchev–Trinajstić information content (AvgIpc) is 2.13. The Morgan fingerprint density at radius 3 is 2.93 bits per heavy atom. The summed E-state index contributed by atoms with van der Waals surface area (Å²) >= 11 is 3.37. The monoisotopic (exact) mass is 259 g/mol. The number of rotatable bonds is 3. The SMILES string of the molecule is CNc1ncnc(OC2COC2)c1Br. The van der Waals surface area contributed by atoms with Crippen LogP contribution in [-0.4, -0.2) is 36.3 Å². The minimum Gasteiger partial charge on any atom is -0.468 e. The maximum atomic E-state index is 5.56. The second kappa shape index (κ2) is 4.10. The van der Waals surface area contributed by atoms with Gasteiger partial charge in [0.1, 0.15) is 22.7 Å². The van der Waals surface area contributed by atoms with Crippen LogP contribution in [0, 0.1) is 0 Å². The number of hydrogen-bond acceptors (Lipinski definition) is 5. The van der Waals surface area contributed by atoms with E-state index in [4.69, 9.17) is 9.47 Å². The number of anilines is 1. The summed E-state index contributed by atoms with van der Waals surface area (Å²) in [5.74, 6) is 1.27. The molecule has 76 valence electrons. The molecule has 0 bridgehead atoms. The van der Waals surface area contributed by atoms with Gasteiger partial charge in [0.05, 0.1) is 13.2 Å². The van der Waals surface area contributed by atoms with Crippen molar-refractivity contribution in [3.05, 3.63) is 10.8 Å². The van der Waals surface area contributed by atoms with Crippen molar-refractivity contribution in [3.8, 4) is 5.88 Å². The molecule has 0 unspecified atom stereocenters. The highest BCUT2D eigenvalue weighted by molar-refractivity contribution is 9.10. The van der Waals surface area contributed by atoms with Crippen LogP contribution in [0.2, 0.25) is 0 Å². The summed E-state index contributed by atoms with van der Waals surface area (Å²) in [6.07, 6.45) is 1.58. The molecular formula is C8H10BrN3O2. The maximum absolute atomic E-state index is 5.56. The molecular weight excluding hydrogens is 250 g/mol. The molecule has 1 aliphatic rings. The van der Waals surface area contributed by atoms with Gasteiger partial charge in [0.2, 0.25) is 5.88 Å². The largest absolute Gasteiger partial charge is 0.468 e. The molecule has 14 heavy (non-hydrogen) atoms. The highest BCUT2D eigenvalue weighted by Crippen LogP contribution is 2.29. The molecule has 5 nitrogen and oxygen atoms in total. The Balaban J connectivity index is 2.15. The highest BCUT2D eigenvalue weighted by Gasteiger charge is 2.22. The highest BCUT2D eigenvalue weighted by atomic mass is 79.9. The lowest BCUT2D eigenvalue weighted by Crippen LogP contribution is -2.38. The van der Waals surface area contributed by atoms with Crippen LogP contribution >= 0.6 is 15.9 Å². The Hall–Kier alpha value is -0.880. The van der Waals surface area contributed by atoms with Crippen molar-refractivity contribution in [2.45, 2.75) is 6.10 Å². The van der Waals surface area contributed by atoms with Crippen molar-refractivity contribution < 1.29 is 9.47 Å². The molecule has 1 aliphatic heterocycles. The smallest absolute Gasteiger partial charge is 0.233 e. The Labute approximate surface area is 90.0 Å². The van der Waals surface area contributed by atoms with Crippen LogP contribution in [0.1, 0.15) is 0 Å². The first-order chi connectivity index (χ1) is 6.81. The van der Waals surface area contributed by atoms with Crippen LogP contribution in [0.5, 0.6) is 5.88 Å². The first kappa shape index (κ1) is 9.67. The first-order valence-electron chi connectivity index (χ1n) is 4.24. The fraction of sp³-hybridized carbons (Fsp3) is 0.500. The van der Waals surface area contributed by atoms with E-state index in [9.17, 15) is 0 Å². The van der Waals surface area contributed by atoms with Gasteiger partial charge in [-0.25, -0.2) is 9.97 Å². The lowest BCUT2D eigenvalue weighted by molar-refractivity contribution is -0.0816. The molecule has 1 fully saturated rings. The third-order valence-electron chi connectivity index (χ3n) is 1.88. The van der Waals surface area contributed by atoms with E-state index in [-0.39, 0.29) is 6.10 Å². The van der Waals surface area contributed by atoms with E-state index < -0.39 is 0 Å². The fourth-order valence-corrected chi connectivity index (χ4v) is 1.55. The van der Waals surface area contributed by atoms with Gasteiger partial charge in [-0.1, -0.05) is 0 Å². The van der Waals surface area contributed by atoms with Crippen LogP contribution in [0.25, 0.3) is 0 Å². The summed E-state index contributed by atoms with van der Waals surface area (Å²) < 4.78 is 11.3. The predicted molar refractivity (Wildman–Crippen MR) is 54.5 cm³/mol. The Morgan fingerprint density at radius 1 is 1.57 bits per heavy atom. The lowest BCUT2D eigenvalue weighted by Gasteiger charge is -2.26. The van der Waals surface area contributed by atoms with E-state index in [0.717, 1.165) is 10.3 Å². The Morgan fingerprint density at radius 2 is 2.36 bits per heavy atom. The zero-order valence-corrected chi connectivity index (χ0v) is 9.24. The van der Waals surface area contributed by atoms with E-state index >= 15 is 0 Å². The van der Waals surface area contributed by atoms with Gasteiger partial charge in [0.15, 0.2) is 0 Å². The average molecular weight is 260 g/mol. The lowest BCUT2D eigenvalue weighted by atomic mass is 10.3. The second-order valence-electron chi connectivity index (χ2n) is 2.87. The van der Waals surface area contributed by atoms with Gasteiger partial charge in [-0.05, 0) is 15.9 Å². The van der Waals surface area contributed by atoms with Crippen molar-refractivity contribution in [2.75, 3.05) is 25.6 Å². The van der Waals surface area contributed by atoms with Gasteiger partial charge in [0.25, 0.3) is 0 Å². The van der Waals surface area contributed by atoms with Gasteiger partial charge >= 0.3 is 0 Å². The molecule has 6 heteroatoms. The molecule has 0 aromatic carbocycles. The van der Waals surface area contributed by atoms with Crippen molar-refractivity contribution in [2.24, 2.45) is 0 Å². The number of halogens is 1. The van der Waals surface area contributed by atoms with Crippen LogP contribution < -0.4 is 10.1 Å². The van der Waals surface area contributed by atoms with Gasteiger partial charge in [-0.15, -0.1) is 0 Å². The molecule has 1 N–H and O–H groups in total. The molecule has 0 amide bonds. The molecule has 0 atom stereocenters. The minimum atomic E-state index is 0.117. The number of aromatic nitrogens is 2. The van der Waals surface area contributed by atoms with E-state index in [0.29, 0.717) is 19.1 Å². The minimum absolute atomic E-state index is 0.117. The number of hydrogen-bond donors (Lipinski definition) is 1. The molecule has 2 rings (SSSR count). The maximum Gasteiger partial charge on any atom is 0.233 e. The zero-order chi connectivity index (χ0) is 9.97. The summed E-state index contributed by atoms with van der Waals surface area (Å²) in [6, 6.07) is 0. The summed E-state index contributed by atoms with van der Waals surface area (Å²) in [7, 11) is 1.79. The Kier molecular flexibility index (Phi) is 2.83. The van der Waals surface area contributed by atoms with Gasteiger partial charge in [-0.2, -0.15) is 0 Å². The normalized spacial score (nSPS) is 16.1. The molecule has 0 aliphatic carbocycles. The molecule has 1 saturated heterocycles. The van der Waals surface area contributed by atoms with Gasteiger partial charge in [0, 0.05) is 7.05 Å². The van der Waals surface area contributed by atoms with Crippen LogP contribution in [0.15, 0.2) is 10.8 Å². The standard InChI is InChI=1S/C8H10BrN3O2/c1-10-7-6(9)8(12-4-11-7)14-5-2-13-3-5/h4-5H,2-3H2,1H3,(H,10,11,12). The van der Waals surface area contributed by atoms with Crippen molar-refractivity contribution >= 4 is 21.7 Å². The number of ether oxygens (including phenoxy) is 2. The summed E-state index contributed by atoms with van der Waals surface area (Å²) in [5.41, 5.74) is 0. The van der Waals surface area contributed by atoms with Gasteiger partial charge in [-0.3, -0.25) is 0 Å². The molecule has 1 aromatic rings. The van der Waals surface area contributed by atoms with Crippen LogP contribution in [0.4, 0.5) is 5.82 Å². The van der Waals surface area contributed by atoms with Crippen LogP contribution in [0.3, 0.4) is 0 Å². The summed E-state index contributed by atoms with van der Waals surface area (Å²) in [4.78, 5) is 8.06. The number of nitrogens with zero attached hydrogens (tertiary/aromatic N) is 2. The molecule has 0 spiro atoms. The molecule has 2 heterocycles. The first-order valence-corrected chi connectivity index (χ1v) is 5.03. The van der Waals surface area contributed by atoms with E-state index in [1.165, 1.54) is 6.33 Å². The van der Waals surface area contributed by atoms with Crippen molar-refractivity contribution in [1.29, 1.82) is 0 Å². The Bertz CT molecular complexity index is 330. The summed E-state index contributed by atoms with van der Waals surface area (Å²) in [6.45, 7) is 1.26. The van der Waals surface area contributed by atoms with E-state index in [2.05, 4.69) is 31.2 Å². The predicted octanol–water partition coefficient (Wildman–Crippen LogP) is 1.06. The second-order valence-corrected chi connectivity index (χ2v) is 3.66. The van der Waals surface area contributed by atoms with Gasteiger partial charge < -0.3 is 14.8 Å². The van der Waals surface area contributed by atoms with Crippen molar-refractivity contribution in [3.63, 3.8) is 0 Å². The molecule has 0 saturated carbocycles. The van der Waals surface area contributed by atoms with Crippen LogP contribution in [-0.2, 0) is 4.74 Å². The topological polar surface area (TPSA) is 56.3 Å². The molecule has 0 radical (unpaired) electrons. The fourth-order valence-electron chi connectivity index (χ4n) is 1.05. The quantitative estimate of drug-likeness (QED) is 0.880. The zero-order valence-electron chi connectivity index (χ0n) is 7.66. The van der Waals surface area contributed by atoms with E-state index in [1.54, 1.807) is 7.05 Å². The number of nitrogens with one attached hydrogen (secondary N) is 1.